The molecular weight excluding hydrogens is 448 g/mol. The quantitative estimate of drug-likeness (QED) is 0.504. The van der Waals surface area contributed by atoms with E-state index in [-0.39, 0.29) is 0 Å². The predicted molar refractivity (Wildman–Crippen MR) is 143 cm³/mol. The second-order valence-corrected chi connectivity index (χ2v) is 11.0. The van der Waals surface area contributed by atoms with Gasteiger partial charge in [-0.1, -0.05) is 13.8 Å². The molecule has 8 heteroatoms. The molecule has 5 heterocycles. The summed E-state index contributed by atoms with van der Waals surface area (Å²) in [5.41, 5.74) is 10.8. The second kappa shape index (κ2) is 9.81. The lowest BCUT2D eigenvalue weighted by Gasteiger charge is -2.34. The average Bonchev–Trinajstić information content (AvgIpc) is 3.61. The van der Waals surface area contributed by atoms with Crippen molar-refractivity contribution in [1.82, 2.24) is 29.4 Å². The van der Waals surface area contributed by atoms with Crippen molar-refractivity contribution in [3.05, 3.63) is 47.9 Å². The zero-order valence-electron chi connectivity index (χ0n) is 21.6. The van der Waals surface area contributed by atoms with Crippen LogP contribution in [0.3, 0.4) is 0 Å². The molecule has 3 fully saturated rings. The first-order chi connectivity index (χ1) is 17.6. The monoisotopic (exact) mass is 486 g/mol. The molecular formula is C28H38N8. The van der Waals surface area contributed by atoms with Gasteiger partial charge in [0.05, 0.1) is 5.69 Å². The molecule has 2 aliphatic heterocycles. The Hall–Kier alpha value is -3.00. The van der Waals surface area contributed by atoms with E-state index in [9.17, 15) is 0 Å². The molecule has 0 bridgehead atoms. The summed E-state index contributed by atoms with van der Waals surface area (Å²) in [5.74, 6) is 4.34. The van der Waals surface area contributed by atoms with E-state index in [2.05, 4.69) is 61.5 Å². The van der Waals surface area contributed by atoms with E-state index in [0.29, 0.717) is 23.6 Å². The Morgan fingerprint density at radius 2 is 1.78 bits per heavy atom. The Kier molecular flexibility index (Phi) is 6.37. The smallest absolute Gasteiger partial charge is 0.137 e. The molecule has 36 heavy (non-hydrogen) atoms. The van der Waals surface area contributed by atoms with Crippen molar-refractivity contribution in [1.29, 1.82) is 0 Å². The van der Waals surface area contributed by atoms with Crippen LogP contribution in [-0.4, -0.2) is 62.1 Å². The lowest BCUT2D eigenvalue weighted by atomic mass is 9.95. The number of pyridine rings is 1. The van der Waals surface area contributed by atoms with Crippen LogP contribution in [0, 0.1) is 0 Å². The highest BCUT2D eigenvalue weighted by Crippen LogP contribution is 2.46. The van der Waals surface area contributed by atoms with Crippen LogP contribution in [0.15, 0.2) is 30.9 Å². The van der Waals surface area contributed by atoms with E-state index in [0.717, 1.165) is 56.2 Å². The first-order valence-corrected chi connectivity index (χ1v) is 13.7. The molecule has 190 valence electrons. The van der Waals surface area contributed by atoms with Crippen LogP contribution in [0.1, 0.15) is 80.8 Å². The van der Waals surface area contributed by atoms with Gasteiger partial charge in [-0.25, -0.2) is 15.0 Å². The molecule has 1 aliphatic carbocycles. The van der Waals surface area contributed by atoms with Gasteiger partial charge in [-0.3, -0.25) is 4.98 Å². The number of hydrogen-bond donors (Lipinski definition) is 1. The second-order valence-electron chi connectivity index (χ2n) is 11.0. The summed E-state index contributed by atoms with van der Waals surface area (Å²) in [4.78, 5) is 23.7. The van der Waals surface area contributed by atoms with Crippen LogP contribution < -0.4 is 10.6 Å². The normalized spacial score (nSPS) is 19.1. The van der Waals surface area contributed by atoms with E-state index >= 15 is 0 Å². The maximum atomic E-state index is 6.27. The predicted octanol–water partition coefficient (Wildman–Crippen LogP) is 4.41. The molecule has 0 spiro atoms. The number of nitrogen functional groups attached to an aromatic ring is 1. The zero-order chi connectivity index (χ0) is 24.6. The maximum absolute atomic E-state index is 6.27. The largest absolute Gasteiger partial charge is 0.383 e. The summed E-state index contributed by atoms with van der Waals surface area (Å²) in [5, 5.41) is 0. The van der Waals surface area contributed by atoms with Crippen LogP contribution >= 0.6 is 0 Å². The molecule has 8 nitrogen and oxygen atoms in total. The number of imidazole rings is 1. The minimum atomic E-state index is 0.401. The first-order valence-electron chi connectivity index (χ1n) is 13.7. The molecule has 0 unspecified atom stereocenters. The van der Waals surface area contributed by atoms with Gasteiger partial charge in [-0.05, 0) is 69.2 Å². The third kappa shape index (κ3) is 4.71. The number of aromatic nitrogens is 5. The number of hydrogen-bond acceptors (Lipinski definition) is 7. The number of nitrogens with zero attached hydrogens (tertiary/aromatic N) is 7. The molecule has 0 aromatic carbocycles. The highest BCUT2D eigenvalue weighted by atomic mass is 15.2. The molecule has 0 amide bonds. The van der Waals surface area contributed by atoms with Gasteiger partial charge in [0.2, 0.25) is 0 Å². The molecule has 3 aliphatic rings. The number of likely N-dealkylation sites (tertiary alicyclic amines) is 1. The third-order valence-electron chi connectivity index (χ3n) is 8.12. The van der Waals surface area contributed by atoms with Crippen molar-refractivity contribution in [3.8, 4) is 11.3 Å². The maximum Gasteiger partial charge on any atom is 0.137 e. The fraction of sp³-hybridized carbons (Fsp3) is 0.571. The van der Waals surface area contributed by atoms with Crippen molar-refractivity contribution in [3.63, 3.8) is 0 Å². The summed E-state index contributed by atoms with van der Waals surface area (Å²) in [6.07, 6.45) is 11.7. The van der Waals surface area contributed by atoms with E-state index in [1.807, 2.05) is 6.20 Å². The van der Waals surface area contributed by atoms with Crippen LogP contribution in [0.2, 0.25) is 0 Å². The summed E-state index contributed by atoms with van der Waals surface area (Å²) >= 11 is 0. The third-order valence-corrected chi connectivity index (χ3v) is 8.12. The van der Waals surface area contributed by atoms with Gasteiger partial charge >= 0.3 is 0 Å². The van der Waals surface area contributed by atoms with Crippen LogP contribution in [0.4, 0.5) is 11.6 Å². The van der Waals surface area contributed by atoms with Gasteiger partial charge in [0.15, 0.2) is 0 Å². The molecule has 0 atom stereocenters. The van der Waals surface area contributed by atoms with Crippen molar-refractivity contribution < 1.29 is 0 Å². The van der Waals surface area contributed by atoms with Crippen molar-refractivity contribution >= 4 is 11.6 Å². The van der Waals surface area contributed by atoms with Crippen molar-refractivity contribution in [2.24, 2.45) is 0 Å². The number of nitrogens with two attached hydrogens (primary N) is 1. The zero-order valence-corrected chi connectivity index (χ0v) is 21.6. The Bertz CT molecular complexity index is 1200. The number of piperidine rings is 1. The fourth-order valence-electron chi connectivity index (χ4n) is 5.62. The van der Waals surface area contributed by atoms with Gasteiger partial charge in [-0.15, -0.1) is 0 Å². The Labute approximate surface area is 214 Å². The number of anilines is 2. The SMILES string of the molecule is CC(C)c1cc(-c2cn(CCN3CCC3)c(C3CCN(c4ncnc(N)c4C4CC4)CC3)n2)ccn1. The topological polar surface area (TPSA) is 89.0 Å². The fourth-order valence-corrected chi connectivity index (χ4v) is 5.62. The lowest BCUT2D eigenvalue weighted by molar-refractivity contribution is 0.173. The average molecular weight is 487 g/mol. The summed E-state index contributed by atoms with van der Waals surface area (Å²) in [6.45, 7) is 10.9. The van der Waals surface area contributed by atoms with Gasteiger partial charge in [0.1, 0.15) is 23.8 Å². The van der Waals surface area contributed by atoms with E-state index < -0.39 is 0 Å². The molecule has 1 saturated carbocycles. The van der Waals surface area contributed by atoms with Crippen molar-refractivity contribution in [2.45, 2.75) is 70.3 Å². The van der Waals surface area contributed by atoms with E-state index in [1.165, 1.54) is 49.3 Å². The Balaban J connectivity index is 1.23. The minimum Gasteiger partial charge on any atom is -0.383 e. The molecule has 6 rings (SSSR count). The standard InChI is InChI=1S/C28H38N8/c1-19(2)23-16-22(6-9-30-23)24-17-36(15-14-34-10-3-11-34)27(33-24)21-7-12-35(13-8-21)28-25(20-4-5-20)26(29)31-18-32-28/h6,9,16-21H,3-5,7-8,10-15H2,1-2H3,(H2,29,31,32). The van der Waals surface area contributed by atoms with Gasteiger partial charge in [0.25, 0.3) is 0 Å². The highest BCUT2D eigenvalue weighted by molar-refractivity contribution is 5.61. The minimum absolute atomic E-state index is 0.401. The Morgan fingerprint density at radius 1 is 0.972 bits per heavy atom. The van der Waals surface area contributed by atoms with Gasteiger partial charge in [0, 0.05) is 61.3 Å². The molecule has 2 saturated heterocycles. The van der Waals surface area contributed by atoms with Gasteiger partial charge in [-0.2, -0.15) is 0 Å². The van der Waals surface area contributed by atoms with Gasteiger partial charge < -0.3 is 20.1 Å². The van der Waals surface area contributed by atoms with Crippen molar-refractivity contribution in [2.75, 3.05) is 43.4 Å². The summed E-state index contributed by atoms with van der Waals surface area (Å²) < 4.78 is 2.43. The van der Waals surface area contributed by atoms with E-state index in [1.54, 1.807) is 6.33 Å². The number of rotatable bonds is 8. The van der Waals surface area contributed by atoms with Crippen LogP contribution in [0.25, 0.3) is 11.3 Å². The van der Waals surface area contributed by atoms with Crippen LogP contribution in [-0.2, 0) is 6.54 Å². The Morgan fingerprint density at radius 3 is 2.47 bits per heavy atom. The molecule has 2 N–H and O–H groups in total. The first kappa shape index (κ1) is 23.4. The lowest BCUT2D eigenvalue weighted by Crippen LogP contribution is -2.39. The molecule has 0 radical (unpaired) electrons. The molecule has 3 aromatic heterocycles. The molecule has 3 aromatic rings. The van der Waals surface area contributed by atoms with Crippen LogP contribution in [0.5, 0.6) is 0 Å². The highest BCUT2D eigenvalue weighted by Gasteiger charge is 2.33. The van der Waals surface area contributed by atoms with E-state index in [4.69, 9.17) is 10.7 Å². The summed E-state index contributed by atoms with van der Waals surface area (Å²) in [6, 6.07) is 4.30. The summed E-state index contributed by atoms with van der Waals surface area (Å²) in [7, 11) is 0.